The van der Waals surface area contributed by atoms with Crippen LogP contribution in [0.25, 0.3) is 0 Å². The Morgan fingerprint density at radius 2 is 2.00 bits per heavy atom. The van der Waals surface area contributed by atoms with Gasteiger partial charge in [-0.15, -0.1) is 0 Å². The second-order valence-corrected chi connectivity index (χ2v) is 6.47. The van der Waals surface area contributed by atoms with E-state index in [0.29, 0.717) is 0 Å². The summed E-state index contributed by atoms with van der Waals surface area (Å²) in [5.74, 6) is 0. The predicted molar refractivity (Wildman–Crippen MR) is 72.2 cm³/mol. The zero-order valence-electron chi connectivity index (χ0n) is 12.1. The van der Waals surface area contributed by atoms with Crippen molar-refractivity contribution >= 4 is 6.29 Å². The average Bonchev–Trinajstić information content (AvgIpc) is 2.23. The first kappa shape index (κ1) is 14.7. The van der Waals surface area contributed by atoms with Gasteiger partial charge < -0.3 is 4.79 Å². The summed E-state index contributed by atoms with van der Waals surface area (Å²) >= 11 is 0. The van der Waals surface area contributed by atoms with Gasteiger partial charge in [0.15, 0.2) is 0 Å². The van der Waals surface area contributed by atoms with Gasteiger partial charge in [0.25, 0.3) is 0 Å². The molecule has 0 aromatic heterocycles. The Labute approximate surface area is 106 Å². The fourth-order valence-electron chi connectivity index (χ4n) is 2.73. The van der Waals surface area contributed by atoms with Crippen LogP contribution < -0.4 is 0 Å². The molecule has 0 aromatic carbocycles. The molecular weight excluding hydrogens is 212 g/mol. The van der Waals surface area contributed by atoms with Crippen molar-refractivity contribution in [2.45, 2.75) is 46.1 Å². The summed E-state index contributed by atoms with van der Waals surface area (Å²) in [6.07, 6.45) is 3.22. The zero-order chi connectivity index (χ0) is 13.1. The van der Waals surface area contributed by atoms with E-state index in [1.54, 1.807) is 0 Å². The first-order valence-electron chi connectivity index (χ1n) is 6.73. The number of rotatable bonds is 5. The number of aldehydes is 1. The smallest absolute Gasteiger partial charge is 0.127 e. The fourth-order valence-corrected chi connectivity index (χ4v) is 2.73. The van der Waals surface area contributed by atoms with Gasteiger partial charge in [-0.1, -0.05) is 20.3 Å². The molecule has 0 radical (unpaired) electrons. The molecule has 1 heterocycles. The maximum Gasteiger partial charge on any atom is 0.127 e. The summed E-state index contributed by atoms with van der Waals surface area (Å²) in [5.41, 5.74) is 0.0506. The zero-order valence-corrected chi connectivity index (χ0v) is 12.1. The van der Waals surface area contributed by atoms with Crippen molar-refractivity contribution < 1.29 is 4.79 Å². The minimum absolute atomic E-state index is 0.166. The van der Waals surface area contributed by atoms with Crippen LogP contribution in [0.1, 0.15) is 40.5 Å². The number of carbonyl (C=O) groups is 1. The Hall–Kier alpha value is -0.410. The van der Waals surface area contributed by atoms with E-state index in [2.05, 4.69) is 44.5 Å². The monoisotopic (exact) mass is 240 g/mol. The van der Waals surface area contributed by atoms with Crippen LogP contribution in [0.15, 0.2) is 0 Å². The molecule has 17 heavy (non-hydrogen) atoms. The van der Waals surface area contributed by atoms with E-state index in [1.807, 2.05) is 0 Å². The van der Waals surface area contributed by atoms with E-state index in [0.717, 1.165) is 45.3 Å². The molecule has 3 nitrogen and oxygen atoms in total. The van der Waals surface area contributed by atoms with Gasteiger partial charge in [0.05, 0.1) is 0 Å². The van der Waals surface area contributed by atoms with Crippen LogP contribution in [-0.2, 0) is 4.79 Å². The van der Waals surface area contributed by atoms with Gasteiger partial charge in [0.2, 0.25) is 0 Å². The molecule has 0 saturated carbocycles. The number of carbonyl (C=O) groups excluding carboxylic acids is 1. The normalized spacial score (nSPS) is 25.5. The Balaban J connectivity index is 2.60. The van der Waals surface area contributed by atoms with Crippen LogP contribution in [0.5, 0.6) is 0 Å². The molecule has 1 saturated heterocycles. The van der Waals surface area contributed by atoms with Crippen molar-refractivity contribution in [3.8, 4) is 0 Å². The number of piperazine rings is 1. The van der Waals surface area contributed by atoms with Crippen LogP contribution in [0.4, 0.5) is 0 Å². The van der Waals surface area contributed by atoms with Gasteiger partial charge in [0, 0.05) is 37.1 Å². The Morgan fingerprint density at radius 1 is 1.35 bits per heavy atom. The first-order valence-corrected chi connectivity index (χ1v) is 6.73. The van der Waals surface area contributed by atoms with Gasteiger partial charge in [-0.05, 0) is 27.3 Å². The average molecular weight is 240 g/mol. The molecule has 1 fully saturated rings. The van der Waals surface area contributed by atoms with Crippen molar-refractivity contribution in [3.05, 3.63) is 0 Å². The predicted octanol–water partition coefficient (Wildman–Crippen LogP) is 2.02. The summed E-state index contributed by atoms with van der Waals surface area (Å²) in [6, 6.07) is 0. The van der Waals surface area contributed by atoms with Gasteiger partial charge in [-0.3, -0.25) is 9.80 Å². The molecule has 1 atom stereocenters. The standard InChI is InChI=1S/C14H28N2O/c1-6-7-14(4,12-17)11-16-9-8-15(5)13(2,3)10-16/h12H,6-11H2,1-5H3. The van der Waals surface area contributed by atoms with Crippen LogP contribution in [0.3, 0.4) is 0 Å². The topological polar surface area (TPSA) is 23.6 Å². The molecule has 1 unspecified atom stereocenters. The van der Waals surface area contributed by atoms with Crippen LogP contribution in [0, 0.1) is 5.41 Å². The van der Waals surface area contributed by atoms with Crippen LogP contribution >= 0.6 is 0 Å². The fraction of sp³-hybridized carbons (Fsp3) is 0.929. The number of nitrogens with zero attached hydrogens (tertiary/aromatic N) is 2. The summed E-state index contributed by atoms with van der Waals surface area (Å²) in [4.78, 5) is 16.1. The lowest BCUT2D eigenvalue weighted by atomic mass is 9.85. The Kier molecular flexibility index (Phi) is 4.73. The van der Waals surface area contributed by atoms with E-state index in [1.165, 1.54) is 0 Å². The third-order valence-electron chi connectivity index (χ3n) is 4.09. The summed E-state index contributed by atoms with van der Waals surface area (Å²) in [6.45, 7) is 12.9. The molecule has 0 N–H and O–H groups in total. The van der Waals surface area contributed by atoms with Gasteiger partial charge in [0.1, 0.15) is 6.29 Å². The molecule has 1 aliphatic heterocycles. The van der Waals surface area contributed by atoms with E-state index in [9.17, 15) is 4.79 Å². The van der Waals surface area contributed by atoms with Crippen molar-refractivity contribution in [1.29, 1.82) is 0 Å². The lowest BCUT2D eigenvalue weighted by Gasteiger charge is -2.47. The summed E-state index contributed by atoms with van der Waals surface area (Å²) in [5, 5.41) is 0. The molecule has 1 rings (SSSR count). The van der Waals surface area contributed by atoms with E-state index in [4.69, 9.17) is 0 Å². The van der Waals surface area contributed by atoms with Crippen LogP contribution in [-0.4, -0.2) is 54.9 Å². The minimum atomic E-state index is -0.166. The number of likely N-dealkylation sites (N-methyl/N-ethyl adjacent to an activating group) is 1. The molecule has 0 spiro atoms. The van der Waals surface area contributed by atoms with Gasteiger partial charge in [-0.25, -0.2) is 0 Å². The Bertz CT molecular complexity index is 265. The maximum absolute atomic E-state index is 11.3. The third kappa shape index (κ3) is 3.78. The lowest BCUT2D eigenvalue weighted by Crippen LogP contribution is -2.59. The van der Waals surface area contributed by atoms with Crippen LogP contribution in [0.2, 0.25) is 0 Å². The van der Waals surface area contributed by atoms with Gasteiger partial charge in [-0.2, -0.15) is 0 Å². The minimum Gasteiger partial charge on any atom is -0.303 e. The van der Waals surface area contributed by atoms with Gasteiger partial charge >= 0.3 is 0 Å². The molecule has 0 aromatic rings. The van der Waals surface area contributed by atoms with Crippen molar-refractivity contribution in [1.82, 2.24) is 9.80 Å². The highest BCUT2D eigenvalue weighted by Crippen LogP contribution is 2.26. The third-order valence-corrected chi connectivity index (χ3v) is 4.09. The number of hydrogen-bond donors (Lipinski definition) is 0. The highest BCUT2D eigenvalue weighted by atomic mass is 16.1. The highest BCUT2D eigenvalue weighted by Gasteiger charge is 2.34. The molecular formula is C14H28N2O. The van der Waals surface area contributed by atoms with E-state index in [-0.39, 0.29) is 11.0 Å². The Morgan fingerprint density at radius 3 is 2.47 bits per heavy atom. The van der Waals surface area contributed by atoms with E-state index < -0.39 is 0 Å². The number of hydrogen-bond acceptors (Lipinski definition) is 3. The second kappa shape index (κ2) is 5.49. The molecule has 0 amide bonds. The molecule has 3 heteroatoms. The largest absolute Gasteiger partial charge is 0.303 e. The maximum atomic E-state index is 11.3. The first-order chi connectivity index (χ1) is 7.83. The SMILES string of the molecule is CCCC(C)(C=O)CN1CCN(C)C(C)(C)C1. The quantitative estimate of drug-likeness (QED) is 0.687. The molecule has 1 aliphatic rings. The molecule has 0 bridgehead atoms. The van der Waals surface area contributed by atoms with E-state index >= 15 is 0 Å². The highest BCUT2D eigenvalue weighted by molar-refractivity contribution is 5.59. The summed E-state index contributed by atoms with van der Waals surface area (Å²) < 4.78 is 0. The van der Waals surface area contributed by atoms with Crippen molar-refractivity contribution in [2.75, 3.05) is 33.2 Å². The lowest BCUT2D eigenvalue weighted by molar-refractivity contribution is -0.117. The molecule has 100 valence electrons. The van der Waals surface area contributed by atoms with Crippen molar-refractivity contribution in [3.63, 3.8) is 0 Å². The van der Waals surface area contributed by atoms with Crippen molar-refractivity contribution in [2.24, 2.45) is 5.41 Å². The summed E-state index contributed by atoms with van der Waals surface area (Å²) in [7, 11) is 2.18. The molecule has 0 aliphatic carbocycles. The second-order valence-electron chi connectivity index (χ2n) is 6.47.